The monoisotopic (exact) mass is 265 g/mol. The summed E-state index contributed by atoms with van der Waals surface area (Å²) < 4.78 is 16.9. The number of aromatic nitrogens is 1. The smallest absolute Gasteiger partial charge is 0.203 e. The minimum absolute atomic E-state index is 0.0910. The standard InChI is InChI=1S/C13H15NO5/c1-17-9-6-8(7-10(18-2)13(9)19-3)14-11(15)4-5-12(14)16/h4-7,15-16H,1-3H3. The zero-order chi connectivity index (χ0) is 14.0. The summed E-state index contributed by atoms with van der Waals surface area (Å²) in [7, 11) is 4.50. The highest BCUT2D eigenvalue weighted by Crippen LogP contribution is 2.41. The van der Waals surface area contributed by atoms with Crippen LogP contribution in [0.4, 0.5) is 0 Å². The number of aromatic hydroxyl groups is 2. The molecule has 0 bridgehead atoms. The molecular formula is C13H15NO5. The fraction of sp³-hybridized carbons (Fsp3) is 0.231. The average molecular weight is 265 g/mol. The van der Waals surface area contributed by atoms with Crippen LogP contribution in [0.15, 0.2) is 24.3 Å². The molecule has 0 unspecified atom stereocenters. The molecule has 0 spiro atoms. The van der Waals surface area contributed by atoms with Gasteiger partial charge in [-0.15, -0.1) is 0 Å². The van der Waals surface area contributed by atoms with Crippen molar-refractivity contribution in [3.63, 3.8) is 0 Å². The Morgan fingerprint density at radius 2 is 1.32 bits per heavy atom. The Hall–Kier alpha value is -2.50. The summed E-state index contributed by atoms with van der Waals surface area (Å²) >= 11 is 0. The molecule has 2 rings (SSSR count). The molecule has 2 N–H and O–H groups in total. The van der Waals surface area contributed by atoms with Crippen LogP contribution in [0.3, 0.4) is 0 Å². The van der Waals surface area contributed by atoms with Gasteiger partial charge >= 0.3 is 0 Å². The Morgan fingerprint density at radius 3 is 1.68 bits per heavy atom. The first-order valence-corrected chi connectivity index (χ1v) is 5.52. The molecule has 0 fully saturated rings. The van der Waals surface area contributed by atoms with E-state index >= 15 is 0 Å². The van der Waals surface area contributed by atoms with Crippen LogP contribution in [-0.4, -0.2) is 36.1 Å². The molecule has 0 amide bonds. The lowest BCUT2D eigenvalue weighted by Gasteiger charge is -2.15. The van der Waals surface area contributed by atoms with Crippen molar-refractivity contribution < 1.29 is 24.4 Å². The van der Waals surface area contributed by atoms with Crippen molar-refractivity contribution in [2.75, 3.05) is 21.3 Å². The quantitative estimate of drug-likeness (QED) is 0.883. The molecule has 0 radical (unpaired) electrons. The van der Waals surface area contributed by atoms with Crippen LogP contribution in [0.1, 0.15) is 0 Å². The second kappa shape index (κ2) is 5.01. The van der Waals surface area contributed by atoms with Crippen LogP contribution in [0.5, 0.6) is 29.0 Å². The Labute approximate surface area is 110 Å². The maximum Gasteiger partial charge on any atom is 0.203 e. The molecule has 0 aliphatic carbocycles. The highest BCUT2D eigenvalue weighted by molar-refractivity contribution is 5.59. The molecule has 0 atom stereocenters. The number of rotatable bonds is 4. The van der Waals surface area contributed by atoms with Gasteiger partial charge in [-0.3, -0.25) is 4.57 Å². The predicted molar refractivity (Wildman–Crippen MR) is 68.8 cm³/mol. The van der Waals surface area contributed by atoms with Gasteiger partial charge in [-0.2, -0.15) is 0 Å². The van der Waals surface area contributed by atoms with Gasteiger partial charge in [0, 0.05) is 24.3 Å². The summed E-state index contributed by atoms with van der Waals surface area (Å²) in [5.41, 5.74) is 0.495. The van der Waals surface area contributed by atoms with Gasteiger partial charge in [0.05, 0.1) is 27.0 Å². The Balaban J connectivity index is 2.66. The van der Waals surface area contributed by atoms with E-state index in [0.717, 1.165) is 0 Å². The topological polar surface area (TPSA) is 73.1 Å². The first-order chi connectivity index (χ1) is 9.12. The molecule has 6 nitrogen and oxygen atoms in total. The summed E-state index contributed by atoms with van der Waals surface area (Å²) in [6.07, 6.45) is 0. The number of hydrogen-bond donors (Lipinski definition) is 2. The fourth-order valence-corrected chi connectivity index (χ4v) is 1.88. The third-order valence-corrected chi connectivity index (χ3v) is 2.75. The lowest BCUT2D eigenvalue weighted by atomic mass is 10.2. The lowest BCUT2D eigenvalue weighted by Crippen LogP contribution is -1.99. The van der Waals surface area contributed by atoms with E-state index in [1.54, 1.807) is 12.1 Å². The molecule has 0 saturated heterocycles. The molecule has 1 aromatic heterocycles. The zero-order valence-corrected chi connectivity index (χ0v) is 10.9. The second-order valence-corrected chi connectivity index (χ2v) is 3.77. The number of benzene rings is 1. The van der Waals surface area contributed by atoms with E-state index in [0.29, 0.717) is 22.9 Å². The molecule has 102 valence electrons. The SMILES string of the molecule is COc1cc(-n2c(O)ccc2O)cc(OC)c1OC. The van der Waals surface area contributed by atoms with Gasteiger partial charge in [0.2, 0.25) is 5.75 Å². The average Bonchev–Trinajstić information content (AvgIpc) is 2.76. The van der Waals surface area contributed by atoms with Crippen LogP contribution in [0.25, 0.3) is 5.69 Å². The van der Waals surface area contributed by atoms with Crippen LogP contribution in [0, 0.1) is 0 Å². The van der Waals surface area contributed by atoms with Gasteiger partial charge in [0.1, 0.15) is 0 Å². The van der Waals surface area contributed by atoms with Gasteiger partial charge in [-0.05, 0) is 0 Å². The third-order valence-electron chi connectivity index (χ3n) is 2.75. The highest BCUT2D eigenvalue weighted by atomic mass is 16.5. The second-order valence-electron chi connectivity index (χ2n) is 3.77. The number of methoxy groups -OCH3 is 3. The molecule has 0 aliphatic rings. The van der Waals surface area contributed by atoms with Crippen LogP contribution < -0.4 is 14.2 Å². The van der Waals surface area contributed by atoms with E-state index in [1.165, 1.54) is 38.0 Å². The van der Waals surface area contributed by atoms with E-state index in [9.17, 15) is 10.2 Å². The summed E-state index contributed by atoms with van der Waals surface area (Å²) in [4.78, 5) is 0. The first-order valence-electron chi connectivity index (χ1n) is 5.52. The molecule has 0 saturated carbocycles. The third kappa shape index (κ3) is 2.12. The maximum absolute atomic E-state index is 9.73. The first kappa shape index (κ1) is 12.9. The normalized spacial score (nSPS) is 10.3. The summed E-state index contributed by atoms with van der Waals surface area (Å²) in [6.45, 7) is 0. The summed E-state index contributed by atoms with van der Waals surface area (Å²) in [5, 5.41) is 19.5. The lowest BCUT2D eigenvalue weighted by molar-refractivity contribution is 0.323. The van der Waals surface area contributed by atoms with Crippen LogP contribution >= 0.6 is 0 Å². The van der Waals surface area contributed by atoms with Gasteiger partial charge in [0.15, 0.2) is 23.3 Å². The summed E-state index contributed by atoms with van der Waals surface area (Å²) in [5.74, 6) is 1.13. The van der Waals surface area contributed by atoms with E-state index in [2.05, 4.69) is 0 Å². The highest BCUT2D eigenvalue weighted by Gasteiger charge is 2.16. The molecule has 6 heteroatoms. The van der Waals surface area contributed by atoms with Crippen LogP contribution in [-0.2, 0) is 0 Å². The Bertz CT molecular complexity index is 546. The zero-order valence-electron chi connectivity index (χ0n) is 10.9. The van der Waals surface area contributed by atoms with Crippen molar-refractivity contribution in [1.82, 2.24) is 4.57 Å². The molecule has 1 aromatic carbocycles. The van der Waals surface area contributed by atoms with Crippen molar-refractivity contribution in [3.8, 4) is 34.7 Å². The Kier molecular flexibility index (Phi) is 3.41. The van der Waals surface area contributed by atoms with Crippen molar-refractivity contribution >= 4 is 0 Å². The number of nitrogens with zero attached hydrogens (tertiary/aromatic N) is 1. The van der Waals surface area contributed by atoms with E-state index in [-0.39, 0.29) is 11.8 Å². The van der Waals surface area contributed by atoms with Gasteiger partial charge in [-0.25, -0.2) is 0 Å². The largest absolute Gasteiger partial charge is 0.494 e. The number of ether oxygens (including phenoxy) is 3. The van der Waals surface area contributed by atoms with Crippen molar-refractivity contribution in [2.45, 2.75) is 0 Å². The van der Waals surface area contributed by atoms with Crippen molar-refractivity contribution in [3.05, 3.63) is 24.3 Å². The Morgan fingerprint density at radius 1 is 0.842 bits per heavy atom. The van der Waals surface area contributed by atoms with E-state index in [1.807, 2.05) is 0 Å². The minimum Gasteiger partial charge on any atom is -0.494 e. The minimum atomic E-state index is -0.0910. The summed E-state index contributed by atoms with van der Waals surface area (Å²) in [6, 6.07) is 6.03. The maximum atomic E-state index is 9.73. The predicted octanol–water partition coefficient (Wildman–Crippen LogP) is 1.91. The molecular weight excluding hydrogens is 250 g/mol. The number of hydrogen-bond acceptors (Lipinski definition) is 5. The molecule has 19 heavy (non-hydrogen) atoms. The van der Waals surface area contributed by atoms with Gasteiger partial charge in [-0.1, -0.05) is 0 Å². The molecule has 1 heterocycles. The van der Waals surface area contributed by atoms with Crippen LogP contribution in [0.2, 0.25) is 0 Å². The fourth-order valence-electron chi connectivity index (χ4n) is 1.88. The molecule has 0 aliphatic heterocycles. The van der Waals surface area contributed by atoms with Gasteiger partial charge in [0.25, 0.3) is 0 Å². The van der Waals surface area contributed by atoms with E-state index in [4.69, 9.17) is 14.2 Å². The molecule has 2 aromatic rings. The van der Waals surface area contributed by atoms with E-state index < -0.39 is 0 Å². The van der Waals surface area contributed by atoms with Crippen molar-refractivity contribution in [2.24, 2.45) is 0 Å². The van der Waals surface area contributed by atoms with Gasteiger partial charge < -0.3 is 24.4 Å². The van der Waals surface area contributed by atoms with Crippen molar-refractivity contribution in [1.29, 1.82) is 0 Å².